The summed E-state index contributed by atoms with van der Waals surface area (Å²) < 4.78 is 0. The van der Waals surface area contributed by atoms with Crippen molar-refractivity contribution in [2.75, 3.05) is 6.54 Å². The van der Waals surface area contributed by atoms with Crippen LogP contribution in [0.4, 0.5) is 0 Å². The van der Waals surface area contributed by atoms with Gasteiger partial charge in [-0.2, -0.15) is 0 Å². The number of hydrogen-bond donors (Lipinski definition) is 1. The second-order valence-electron chi connectivity index (χ2n) is 6.29. The van der Waals surface area contributed by atoms with E-state index in [1.807, 2.05) is 35.2 Å². The van der Waals surface area contributed by atoms with E-state index in [1.54, 1.807) is 0 Å². The smallest absolute Gasteiger partial charge is 0.303 e. The molecule has 0 spiro atoms. The summed E-state index contributed by atoms with van der Waals surface area (Å²) in [7, 11) is 0. The zero-order chi connectivity index (χ0) is 17.1. The highest BCUT2D eigenvalue weighted by molar-refractivity contribution is 5.94. The normalized spacial score (nSPS) is 13.5. The fourth-order valence-corrected chi connectivity index (χ4v) is 3.33. The zero-order valence-corrected chi connectivity index (χ0v) is 13.8. The van der Waals surface area contributed by atoms with Crippen LogP contribution in [0.15, 0.2) is 42.5 Å². The minimum Gasteiger partial charge on any atom is -0.481 e. The maximum Gasteiger partial charge on any atom is 0.303 e. The highest BCUT2D eigenvalue weighted by Crippen LogP contribution is 2.25. The van der Waals surface area contributed by atoms with E-state index < -0.39 is 5.97 Å². The molecular weight excluding hydrogens is 302 g/mol. The van der Waals surface area contributed by atoms with Crippen molar-refractivity contribution in [2.45, 2.75) is 32.7 Å². The highest BCUT2D eigenvalue weighted by Gasteiger charge is 2.23. The van der Waals surface area contributed by atoms with Gasteiger partial charge < -0.3 is 10.0 Å². The van der Waals surface area contributed by atoms with Crippen LogP contribution in [-0.4, -0.2) is 28.4 Å². The molecule has 2 aromatic rings. The quantitative estimate of drug-likeness (QED) is 0.940. The molecule has 24 heavy (non-hydrogen) atoms. The molecule has 0 aliphatic carbocycles. The zero-order valence-electron chi connectivity index (χ0n) is 13.8. The second kappa shape index (κ2) is 6.87. The number of nitrogens with zero attached hydrogens (tertiary/aromatic N) is 1. The van der Waals surface area contributed by atoms with Gasteiger partial charge in [0.05, 0.1) is 0 Å². The molecule has 0 radical (unpaired) electrons. The topological polar surface area (TPSA) is 57.6 Å². The third kappa shape index (κ3) is 3.48. The molecule has 1 aliphatic heterocycles. The molecule has 1 amide bonds. The molecule has 3 rings (SSSR count). The van der Waals surface area contributed by atoms with Gasteiger partial charge >= 0.3 is 5.97 Å². The number of rotatable bonds is 4. The SMILES string of the molecule is Cc1cc(CCC(=O)O)cc2c1CCN(C(=O)c1ccccc1)C2. The Bertz CT molecular complexity index is 768. The Hall–Kier alpha value is -2.62. The number of aryl methyl sites for hydroxylation is 2. The molecule has 0 atom stereocenters. The first kappa shape index (κ1) is 16.2. The molecule has 1 heterocycles. The Morgan fingerprint density at radius 2 is 1.92 bits per heavy atom. The number of carboxylic acid groups (broad SMARTS) is 1. The van der Waals surface area contributed by atoms with Crippen LogP contribution < -0.4 is 0 Å². The minimum absolute atomic E-state index is 0.0508. The van der Waals surface area contributed by atoms with Gasteiger partial charge in [0.25, 0.3) is 5.91 Å². The standard InChI is InChI=1S/C20H21NO3/c1-14-11-15(7-8-19(22)23)12-17-13-21(10-9-18(14)17)20(24)16-5-3-2-4-6-16/h2-6,11-12H,7-10,13H2,1H3,(H,22,23). The summed E-state index contributed by atoms with van der Waals surface area (Å²) >= 11 is 0. The molecule has 1 aliphatic rings. The fourth-order valence-electron chi connectivity index (χ4n) is 3.33. The van der Waals surface area contributed by atoms with Gasteiger partial charge in [-0.15, -0.1) is 0 Å². The lowest BCUT2D eigenvalue weighted by molar-refractivity contribution is -0.136. The summed E-state index contributed by atoms with van der Waals surface area (Å²) in [6.45, 7) is 3.37. The molecule has 0 bridgehead atoms. The van der Waals surface area contributed by atoms with Crippen LogP contribution in [0.1, 0.15) is 39.0 Å². The molecule has 124 valence electrons. The van der Waals surface area contributed by atoms with Crippen LogP contribution in [0.5, 0.6) is 0 Å². The van der Waals surface area contributed by atoms with E-state index in [9.17, 15) is 9.59 Å². The number of hydrogen-bond acceptors (Lipinski definition) is 2. The lowest BCUT2D eigenvalue weighted by Crippen LogP contribution is -2.36. The number of benzene rings is 2. The van der Waals surface area contributed by atoms with E-state index in [0.29, 0.717) is 18.5 Å². The van der Waals surface area contributed by atoms with Gasteiger partial charge in [0, 0.05) is 25.1 Å². The average molecular weight is 323 g/mol. The van der Waals surface area contributed by atoms with Crippen LogP contribution in [0.2, 0.25) is 0 Å². The lowest BCUT2D eigenvalue weighted by atomic mass is 9.91. The predicted octanol–water partition coefficient (Wildman–Crippen LogP) is 3.21. The fraction of sp³-hybridized carbons (Fsp3) is 0.300. The number of carbonyl (C=O) groups is 2. The van der Waals surface area contributed by atoms with Crippen molar-refractivity contribution in [1.29, 1.82) is 0 Å². The molecule has 0 fully saturated rings. The summed E-state index contributed by atoms with van der Waals surface area (Å²) in [5.41, 5.74) is 5.37. The van der Waals surface area contributed by atoms with Gasteiger partial charge in [0.2, 0.25) is 0 Å². The molecule has 0 unspecified atom stereocenters. The number of carboxylic acids is 1. The first-order valence-corrected chi connectivity index (χ1v) is 8.22. The first-order valence-electron chi connectivity index (χ1n) is 8.22. The Labute approximate surface area is 141 Å². The summed E-state index contributed by atoms with van der Waals surface area (Å²) in [4.78, 5) is 25.3. The molecule has 2 aromatic carbocycles. The largest absolute Gasteiger partial charge is 0.481 e. The van der Waals surface area contributed by atoms with Crippen molar-refractivity contribution < 1.29 is 14.7 Å². The van der Waals surface area contributed by atoms with E-state index in [-0.39, 0.29) is 12.3 Å². The van der Waals surface area contributed by atoms with Crippen molar-refractivity contribution in [3.63, 3.8) is 0 Å². The van der Waals surface area contributed by atoms with Crippen LogP contribution >= 0.6 is 0 Å². The molecule has 0 saturated heterocycles. The van der Waals surface area contributed by atoms with Crippen molar-refractivity contribution in [1.82, 2.24) is 4.90 Å². The van der Waals surface area contributed by atoms with E-state index in [0.717, 1.165) is 24.1 Å². The average Bonchev–Trinajstić information content (AvgIpc) is 2.59. The monoisotopic (exact) mass is 323 g/mol. The van der Waals surface area contributed by atoms with Crippen molar-refractivity contribution in [3.8, 4) is 0 Å². The molecule has 0 aromatic heterocycles. The van der Waals surface area contributed by atoms with Crippen molar-refractivity contribution in [3.05, 3.63) is 70.3 Å². The van der Waals surface area contributed by atoms with Crippen LogP contribution in [0, 0.1) is 6.92 Å². The van der Waals surface area contributed by atoms with E-state index in [4.69, 9.17) is 5.11 Å². The van der Waals surface area contributed by atoms with Gasteiger partial charge in [-0.1, -0.05) is 30.3 Å². The Morgan fingerprint density at radius 1 is 1.17 bits per heavy atom. The number of carbonyl (C=O) groups excluding carboxylic acids is 1. The van der Waals surface area contributed by atoms with Gasteiger partial charge in [-0.25, -0.2) is 0 Å². The van der Waals surface area contributed by atoms with Gasteiger partial charge in [-0.3, -0.25) is 9.59 Å². The summed E-state index contributed by atoms with van der Waals surface area (Å²) in [6.07, 6.45) is 1.50. The second-order valence-corrected chi connectivity index (χ2v) is 6.29. The summed E-state index contributed by atoms with van der Waals surface area (Å²) in [5, 5.41) is 8.87. The maximum atomic E-state index is 12.6. The number of aliphatic carboxylic acids is 1. The Balaban J connectivity index is 1.81. The van der Waals surface area contributed by atoms with E-state index in [1.165, 1.54) is 11.1 Å². The molecule has 1 N–H and O–H groups in total. The summed E-state index contributed by atoms with van der Waals surface area (Å²) in [6, 6.07) is 13.5. The van der Waals surface area contributed by atoms with Gasteiger partial charge in [-0.05, 0) is 54.2 Å². The predicted molar refractivity (Wildman–Crippen MR) is 92.0 cm³/mol. The Kier molecular flexibility index (Phi) is 4.65. The van der Waals surface area contributed by atoms with Gasteiger partial charge in [0.1, 0.15) is 0 Å². The van der Waals surface area contributed by atoms with Crippen LogP contribution in [0.25, 0.3) is 0 Å². The third-order valence-electron chi connectivity index (χ3n) is 4.55. The highest BCUT2D eigenvalue weighted by atomic mass is 16.4. The molecule has 0 saturated carbocycles. The van der Waals surface area contributed by atoms with E-state index in [2.05, 4.69) is 19.1 Å². The van der Waals surface area contributed by atoms with E-state index >= 15 is 0 Å². The van der Waals surface area contributed by atoms with Gasteiger partial charge in [0.15, 0.2) is 0 Å². The van der Waals surface area contributed by atoms with Crippen LogP contribution in [-0.2, 0) is 24.2 Å². The maximum absolute atomic E-state index is 12.6. The summed E-state index contributed by atoms with van der Waals surface area (Å²) in [5.74, 6) is -0.735. The minimum atomic E-state index is -0.786. The van der Waals surface area contributed by atoms with Crippen LogP contribution in [0.3, 0.4) is 0 Å². The number of fused-ring (bicyclic) bond motifs is 1. The van der Waals surface area contributed by atoms with Crippen molar-refractivity contribution >= 4 is 11.9 Å². The molecule has 4 nitrogen and oxygen atoms in total. The molecular formula is C20H21NO3. The number of amides is 1. The Morgan fingerprint density at radius 3 is 2.62 bits per heavy atom. The molecule has 4 heteroatoms. The van der Waals surface area contributed by atoms with Crippen molar-refractivity contribution in [2.24, 2.45) is 0 Å². The first-order chi connectivity index (χ1) is 11.5. The third-order valence-corrected chi connectivity index (χ3v) is 4.55. The lowest BCUT2D eigenvalue weighted by Gasteiger charge is -2.30.